The number of hydrogen-bond acceptors (Lipinski definition) is 4. The zero-order valence-corrected chi connectivity index (χ0v) is 13.9. The maximum absolute atomic E-state index is 9.47. The Bertz CT molecular complexity index is 1050. The first-order valence-electron chi connectivity index (χ1n) is 7.76. The molecular formula is C20H14ClN3O. The van der Waals surface area contributed by atoms with Crippen LogP contribution >= 0.6 is 11.6 Å². The van der Waals surface area contributed by atoms with Crippen molar-refractivity contribution >= 4 is 34.0 Å². The predicted molar refractivity (Wildman–Crippen MR) is 101 cm³/mol. The van der Waals surface area contributed by atoms with E-state index >= 15 is 0 Å². The highest BCUT2D eigenvalue weighted by atomic mass is 35.5. The van der Waals surface area contributed by atoms with Crippen LogP contribution in [-0.4, -0.2) is 15.1 Å². The van der Waals surface area contributed by atoms with Gasteiger partial charge >= 0.3 is 0 Å². The summed E-state index contributed by atoms with van der Waals surface area (Å²) in [4.78, 5) is 8.71. The van der Waals surface area contributed by atoms with Crippen molar-refractivity contribution in [2.75, 3.05) is 5.32 Å². The highest BCUT2D eigenvalue weighted by Crippen LogP contribution is 2.29. The largest absolute Gasteiger partial charge is 0.508 e. The van der Waals surface area contributed by atoms with Gasteiger partial charge in [-0.1, -0.05) is 35.9 Å². The van der Waals surface area contributed by atoms with E-state index in [1.54, 1.807) is 12.1 Å². The number of nitrogens with zero attached hydrogens (tertiary/aromatic N) is 2. The Morgan fingerprint density at radius 1 is 0.840 bits per heavy atom. The van der Waals surface area contributed by atoms with Crippen LogP contribution in [0.5, 0.6) is 5.75 Å². The van der Waals surface area contributed by atoms with Crippen LogP contribution in [0.4, 0.5) is 11.5 Å². The number of phenols is 1. The molecule has 4 nitrogen and oxygen atoms in total. The van der Waals surface area contributed by atoms with E-state index in [-0.39, 0.29) is 5.75 Å². The van der Waals surface area contributed by atoms with Crippen LogP contribution in [0.3, 0.4) is 0 Å². The zero-order valence-electron chi connectivity index (χ0n) is 13.1. The highest BCUT2D eigenvalue weighted by Gasteiger charge is 2.07. The number of fused-ring (bicyclic) bond motifs is 1. The van der Waals surface area contributed by atoms with E-state index in [0.29, 0.717) is 10.8 Å². The van der Waals surface area contributed by atoms with Gasteiger partial charge in [-0.15, -0.1) is 0 Å². The van der Waals surface area contributed by atoms with Gasteiger partial charge in [0.2, 0.25) is 0 Å². The van der Waals surface area contributed by atoms with E-state index < -0.39 is 0 Å². The Morgan fingerprint density at radius 2 is 1.64 bits per heavy atom. The molecule has 4 rings (SSSR count). The molecule has 0 saturated heterocycles. The van der Waals surface area contributed by atoms with Gasteiger partial charge in [0.15, 0.2) is 0 Å². The standard InChI is InChI=1S/C20H14ClN3O/c21-15-2-1-3-16(11-15)24-20-18-10-14(6-9-19(18)22-12-23-20)13-4-7-17(25)8-5-13/h1-12,25H,(H,22,23,24). The molecule has 0 unspecified atom stereocenters. The second-order valence-corrected chi connectivity index (χ2v) is 6.07. The summed E-state index contributed by atoms with van der Waals surface area (Å²) in [7, 11) is 0. The van der Waals surface area contributed by atoms with Gasteiger partial charge in [-0.05, 0) is 53.6 Å². The fraction of sp³-hybridized carbons (Fsp3) is 0. The molecule has 122 valence electrons. The summed E-state index contributed by atoms with van der Waals surface area (Å²) in [5.41, 5.74) is 3.75. The number of aromatic nitrogens is 2. The smallest absolute Gasteiger partial charge is 0.141 e. The minimum atomic E-state index is 0.246. The summed E-state index contributed by atoms with van der Waals surface area (Å²) < 4.78 is 0. The first-order valence-corrected chi connectivity index (χ1v) is 8.13. The van der Waals surface area contributed by atoms with E-state index in [2.05, 4.69) is 15.3 Å². The van der Waals surface area contributed by atoms with Gasteiger partial charge in [0.1, 0.15) is 17.9 Å². The number of halogens is 1. The molecule has 1 aromatic heterocycles. The Hall–Kier alpha value is -3.11. The molecule has 3 aromatic carbocycles. The monoisotopic (exact) mass is 347 g/mol. The van der Waals surface area contributed by atoms with Gasteiger partial charge in [-0.3, -0.25) is 0 Å². The summed E-state index contributed by atoms with van der Waals surface area (Å²) in [5.74, 6) is 0.962. The Morgan fingerprint density at radius 3 is 2.44 bits per heavy atom. The summed E-state index contributed by atoms with van der Waals surface area (Å²) in [5, 5.41) is 14.3. The molecule has 0 aliphatic heterocycles. The maximum atomic E-state index is 9.47. The number of nitrogens with one attached hydrogen (secondary N) is 1. The summed E-state index contributed by atoms with van der Waals surface area (Å²) in [6.07, 6.45) is 1.54. The van der Waals surface area contributed by atoms with Crippen molar-refractivity contribution in [3.63, 3.8) is 0 Å². The summed E-state index contributed by atoms with van der Waals surface area (Å²) >= 11 is 6.05. The molecule has 0 radical (unpaired) electrons. The molecule has 0 fully saturated rings. The maximum Gasteiger partial charge on any atom is 0.141 e. The summed E-state index contributed by atoms with van der Waals surface area (Å²) in [6, 6.07) is 20.6. The van der Waals surface area contributed by atoms with Crippen LogP contribution < -0.4 is 5.32 Å². The minimum Gasteiger partial charge on any atom is -0.508 e. The lowest BCUT2D eigenvalue weighted by atomic mass is 10.0. The lowest BCUT2D eigenvalue weighted by molar-refractivity contribution is 0.475. The number of benzene rings is 3. The molecule has 0 spiro atoms. The van der Waals surface area contributed by atoms with E-state index in [4.69, 9.17) is 11.6 Å². The third-order valence-electron chi connectivity index (χ3n) is 3.92. The Labute approximate surface area is 149 Å². The van der Waals surface area contributed by atoms with E-state index in [1.165, 1.54) is 6.33 Å². The predicted octanol–water partition coefficient (Wildman–Crippen LogP) is 5.40. The molecule has 4 aromatic rings. The topological polar surface area (TPSA) is 58.0 Å². The lowest BCUT2D eigenvalue weighted by Crippen LogP contribution is -1.96. The molecule has 0 aliphatic rings. The first kappa shape index (κ1) is 15.4. The number of hydrogen-bond donors (Lipinski definition) is 2. The van der Waals surface area contributed by atoms with Crippen LogP contribution in [-0.2, 0) is 0 Å². The van der Waals surface area contributed by atoms with Gasteiger partial charge < -0.3 is 10.4 Å². The molecule has 1 heterocycles. The minimum absolute atomic E-state index is 0.246. The number of phenolic OH excluding ortho intramolecular Hbond substituents is 1. The highest BCUT2D eigenvalue weighted by molar-refractivity contribution is 6.30. The zero-order chi connectivity index (χ0) is 17.2. The molecule has 0 atom stereocenters. The molecule has 2 N–H and O–H groups in total. The van der Waals surface area contributed by atoms with E-state index in [9.17, 15) is 5.11 Å². The lowest BCUT2D eigenvalue weighted by Gasteiger charge is -2.10. The fourth-order valence-electron chi connectivity index (χ4n) is 2.69. The molecule has 25 heavy (non-hydrogen) atoms. The average molecular weight is 348 g/mol. The van der Waals surface area contributed by atoms with E-state index in [1.807, 2.05) is 54.6 Å². The van der Waals surface area contributed by atoms with Crippen molar-refractivity contribution < 1.29 is 5.11 Å². The molecule has 0 bridgehead atoms. The molecular weight excluding hydrogens is 334 g/mol. The van der Waals surface area contributed by atoms with Gasteiger partial charge in [-0.25, -0.2) is 9.97 Å². The van der Waals surface area contributed by atoms with Crippen LogP contribution in [0.2, 0.25) is 5.02 Å². The van der Waals surface area contributed by atoms with E-state index in [0.717, 1.165) is 27.7 Å². The van der Waals surface area contributed by atoms with Crippen molar-refractivity contribution in [3.05, 3.63) is 78.1 Å². The molecule has 0 saturated carbocycles. The van der Waals surface area contributed by atoms with Crippen molar-refractivity contribution in [3.8, 4) is 16.9 Å². The molecule has 5 heteroatoms. The number of aromatic hydroxyl groups is 1. The van der Waals surface area contributed by atoms with Crippen LogP contribution in [0.25, 0.3) is 22.0 Å². The number of anilines is 2. The quantitative estimate of drug-likeness (QED) is 0.521. The third-order valence-corrected chi connectivity index (χ3v) is 4.16. The first-order chi connectivity index (χ1) is 12.2. The Kier molecular flexibility index (Phi) is 3.96. The van der Waals surface area contributed by atoms with Gasteiger partial charge in [0.25, 0.3) is 0 Å². The molecule has 0 amide bonds. The van der Waals surface area contributed by atoms with Crippen molar-refractivity contribution in [2.45, 2.75) is 0 Å². The van der Waals surface area contributed by atoms with Crippen LogP contribution in [0.15, 0.2) is 73.1 Å². The van der Waals surface area contributed by atoms with Crippen molar-refractivity contribution in [1.29, 1.82) is 0 Å². The number of rotatable bonds is 3. The van der Waals surface area contributed by atoms with Crippen LogP contribution in [0.1, 0.15) is 0 Å². The van der Waals surface area contributed by atoms with Gasteiger partial charge in [0, 0.05) is 16.1 Å². The molecule has 0 aliphatic carbocycles. The normalized spacial score (nSPS) is 10.8. The van der Waals surface area contributed by atoms with Crippen molar-refractivity contribution in [2.24, 2.45) is 0 Å². The van der Waals surface area contributed by atoms with Crippen molar-refractivity contribution in [1.82, 2.24) is 9.97 Å². The fourth-order valence-corrected chi connectivity index (χ4v) is 2.88. The third kappa shape index (κ3) is 3.25. The van der Waals surface area contributed by atoms with Gasteiger partial charge in [-0.2, -0.15) is 0 Å². The summed E-state index contributed by atoms with van der Waals surface area (Å²) in [6.45, 7) is 0. The SMILES string of the molecule is Oc1ccc(-c2ccc3ncnc(Nc4cccc(Cl)c4)c3c2)cc1. The second-order valence-electron chi connectivity index (χ2n) is 5.64. The van der Waals surface area contributed by atoms with Gasteiger partial charge in [0.05, 0.1) is 5.52 Å². The second kappa shape index (κ2) is 6.42. The Balaban J connectivity index is 1.79. The van der Waals surface area contributed by atoms with Crippen LogP contribution in [0, 0.1) is 0 Å². The average Bonchev–Trinajstić information content (AvgIpc) is 2.62.